The topological polar surface area (TPSA) is 78.4 Å². The van der Waals surface area contributed by atoms with Crippen LogP contribution in [0.2, 0.25) is 0 Å². The standard InChI is InChI=1S/C15H14N2O3/c18-14(19)13-9-5-4-6-11(13)10-16-15(20)17-12-7-2-1-3-8-12/h1-9H,10H2,(H,18,19)(H2,16,17,20). The largest absolute Gasteiger partial charge is 0.478 e. The fraction of sp³-hybridized carbons (Fsp3) is 0.0667. The van der Waals surface area contributed by atoms with Crippen molar-refractivity contribution in [3.05, 3.63) is 65.7 Å². The fourth-order valence-corrected chi connectivity index (χ4v) is 1.76. The number of carboxylic acid groups (broad SMARTS) is 1. The van der Waals surface area contributed by atoms with Crippen LogP contribution in [0, 0.1) is 0 Å². The Bertz CT molecular complexity index is 612. The lowest BCUT2D eigenvalue weighted by Crippen LogP contribution is -2.28. The van der Waals surface area contributed by atoms with Gasteiger partial charge in [0.2, 0.25) is 0 Å². The van der Waals surface area contributed by atoms with Gasteiger partial charge in [0.1, 0.15) is 0 Å². The Morgan fingerprint density at radius 1 is 0.950 bits per heavy atom. The number of para-hydroxylation sites is 1. The summed E-state index contributed by atoms with van der Waals surface area (Å²) in [4.78, 5) is 22.7. The van der Waals surface area contributed by atoms with Crippen molar-refractivity contribution in [1.82, 2.24) is 5.32 Å². The van der Waals surface area contributed by atoms with Gasteiger partial charge >= 0.3 is 12.0 Å². The number of hydrogen-bond acceptors (Lipinski definition) is 2. The van der Waals surface area contributed by atoms with Gasteiger partial charge in [-0.1, -0.05) is 36.4 Å². The van der Waals surface area contributed by atoms with Crippen molar-refractivity contribution in [1.29, 1.82) is 0 Å². The van der Waals surface area contributed by atoms with Gasteiger partial charge in [0.25, 0.3) is 0 Å². The molecule has 2 aromatic carbocycles. The zero-order valence-corrected chi connectivity index (χ0v) is 10.7. The number of benzene rings is 2. The fourth-order valence-electron chi connectivity index (χ4n) is 1.76. The van der Waals surface area contributed by atoms with Crippen LogP contribution >= 0.6 is 0 Å². The minimum Gasteiger partial charge on any atom is -0.478 e. The Hall–Kier alpha value is -2.82. The number of rotatable bonds is 4. The lowest BCUT2D eigenvalue weighted by atomic mass is 10.1. The van der Waals surface area contributed by atoms with E-state index < -0.39 is 5.97 Å². The maximum absolute atomic E-state index is 11.7. The van der Waals surface area contributed by atoms with E-state index in [1.165, 1.54) is 6.07 Å². The zero-order chi connectivity index (χ0) is 14.4. The molecule has 5 nitrogen and oxygen atoms in total. The van der Waals surface area contributed by atoms with Crippen LogP contribution < -0.4 is 10.6 Å². The van der Waals surface area contributed by atoms with E-state index in [-0.39, 0.29) is 18.1 Å². The maximum atomic E-state index is 11.7. The molecule has 0 aliphatic rings. The molecule has 0 bridgehead atoms. The van der Waals surface area contributed by atoms with E-state index >= 15 is 0 Å². The van der Waals surface area contributed by atoms with Crippen molar-refractivity contribution in [3.63, 3.8) is 0 Å². The molecule has 0 fully saturated rings. The minimum absolute atomic E-state index is 0.154. The van der Waals surface area contributed by atoms with E-state index in [0.717, 1.165) is 0 Å². The monoisotopic (exact) mass is 270 g/mol. The first-order valence-electron chi connectivity index (χ1n) is 6.08. The van der Waals surface area contributed by atoms with E-state index in [0.29, 0.717) is 11.3 Å². The SMILES string of the molecule is O=C(NCc1ccccc1C(=O)O)Nc1ccccc1. The van der Waals surface area contributed by atoms with Crippen molar-refractivity contribution in [2.24, 2.45) is 0 Å². The van der Waals surface area contributed by atoms with Gasteiger partial charge in [0, 0.05) is 12.2 Å². The Labute approximate surface area is 116 Å². The summed E-state index contributed by atoms with van der Waals surface area (Å²) in [5.74, 6) is -1.01. The number of amides is 2. The molecule has 0 saturated heterocycles. The number of anilines is 1. The van der Waals surface area contributed by atoms with Crippen LogP contribution in [0.5, 0.6) is 0 Å². The molecule has 0 heterocycles. The zero-order valence-electron chi connectivity index (χ0n) is 10.7. The van der Waals surface area contributed by atoms with Crippen molar-refractivity contribution < 1.29 is 14.7 Å². The van der Waals surface area contributed by atoms with E-state index in [1.54, 1.807) is 30.3 Å². The van der Waals surface area contributed by atoms with Gasteiger partial charge in [0.15, 0.2) is 0 Å². The number of urea groups is 1. The molecule has 20 heavy (non-hydrogen) atoms. The average Bonchev–Trinajstić information content (AvgIpc) is 2.46. The number of carbonyl (C=O) groups is 2. The highest BCUT2D eigenvalue weighted by Crippen LogP contribution is 2.09. The lowest BCUT2D eigenvalue weighted by Gasteiger charge is -2.09. The molecular weight excluding hydrogens is 256 g/mol. The van der Waals surface area contributed by atoms with Gasteiger partial charge in [-0.2, -0.15) is 0 Å². The summed E-state index contributed by atoms with van der Waals surface area (Å²) in [7, 11) is 0. The Morgan fingerprint density at radius 2 is 1.60 bits per heavy atom. The van der Waals surface area contributed by atoms with Crippen molar-refractivity contribution in [3.8, 4) is 0 Å². The molecule has 2 aromatic rings. The second kappa shape index (κ2) is 6.38. The molecule has 0 aliphatic heterocycles. The third kappa shape index (κ3) is 3.58. The first kappa shape index (κ1) is 13.6. The molecule has 0 aliphatic carbocycles. The summed E-state index contributed by atoms with van der Waals surface area (Å²) < 4.78 is 0. The highest BCUT2D eigenvalue weighted by atomic mass is 16.4. The van der Waals surface area contributed by atoms with Gasteiger partial charge in [-0.15, -0.1) is 0 Å². The van der Waals surface area contributed by atoms with Crippen molar-refractivity contribution in [2.75, 3.05) is 5.32 Å². The van der Waals surface area contributed by atoms with Gasteiger partial charge < -0.3 is 15.7 Å². The van der Waals surface area contributed by atoms with Gasteiger partial charge in [-0.3, -0.25) is 0 Å². The third-order valence-corrected chi connectivity index (χ3v) is 2.72. The molecule has 0 radical (unpaired) electrons. The number of carbonyl (C=O) groups excluding carboxylic acids is 1. The normalized spacial score (nSPS) is 9.80. The predicted molar refractivity (Wildman–Crippen MR) is 75.7 cm³/mol. The van der Waals surface area contributed by atoms with Gasteiger partial charge in [0.05, 0.1) is 5.56 Å². The predicted octanol–water partition coefficient (Wildman–Crippen LogP) is 2.71. The summed E-state index contributed by atoms with van der Waals surface area (Å²) in [5, 5.41) is 14.3. The molecule has 0 saturated carbocycles. The molecule has 3 N–H and O–H groups in total. The number of hydrogen-bond donors (Lipinski definition) is 3. The van der Waals surface area contributed by atoms with Crippen LogP contribution in [0.25, 0.3) is 0 Å². The van der Waals surface area contributed by atoms with Crippen molar-refractivity contribution >= 4 is 17.7 Å². The summed E-state index contributed by atoms with van der Waals surface area (Å²) in [6.07, 6.45) is 0. The molecule has 5 heteroatoms. The van der Waals surface area contributed by atoms with Crippen molar-refractivity contribution in [2.45, 2.75) is 6.54 Å². The smallest absolute Gasteiger partial charge is 0.336 e. The van der Waals surface area contributed by atoms with E-state index in [2.05, 4.69) is 10.6 Å². The Morgan fingerprint density at radius 3 is 2.30 bits per heavy atom. The Balaban J connectivity index is 1.96. The number of nitrogens with one attached hydrogen (secondary N) is 2. The molecule has 2 rings (SSSR count). The highest BCUT2D eigenvalue weighted by molar-refractivity contribution is 5.91. The molecule has 0 unspecified atom stereocenters. The van der Waals surface area contributed by atoms with E-state index in [4.69, 9.17) is 5.11 Å². The number of carboxylic acids is 1. The van der Waals surface area contributed by atoms with Gasteiger partial charge in [-0.25, -0.2) is 9.59 Å². The molecule has 2 amide bonds. The maximum Gasteiger partial charge on any atom is 0.336 e. The summed E-state index contributed by atoms with van der Waals surface area (Å²) in [6, 6.07) is 15.2. The second-order valence-electron chi connectivity index (χ2n) is 4.14. The van der Waals surface area contributed by atoms with E-state index in [9.17, 15) is 9.59 Å². The first-order valence-corrected chi connectivity index (χ1v) is 6.08. The van der Waals surface area contributed by atoms with Crippen LogP contribution in [-0.2, 0) is 6.54 Å². The van der Waals surface area contributed by atoms with E-state index in [1.807, 2.05) is 18.2 Å². The molecule has 0 aromatic heterocycles. The second-order valence-corrected chi connectivity index (χ2v) is 4.14. The lowest BCUT2D eigenvalue weighted by molar-refractivity contribution is 0.0695. The molecular formula is C15H14N2O3. The minimum atomic E-state index is -1.01. The quantitative estimate of drug-likeness (QED) is 0.799. The van der Waals surface area contributed by atoms with Crippen LogP contribution in [0.4, 0.5) is 10.5 Å². The van der Waals surface area contributed by atoms with Crippen LogP contribution in [0.1, 0.15) is 15.9 Å². The van der Waals surface area contributed by atoms with Gasteiger partial charge in [-0.05, 0) is 23.8 Å². The van der Waals surface area contributed by atoms with Crippen LogP contribution in [-0.4, -0.2) is 17.1 Å². The number of aromatic carboxylic acids is 1. The summed E-state index contributed by atoms with van der Waals surface area (Å²) >= 11 is 0. The molecule has 102 valence electrons. The molecule has 0 spiro atoms. The first-order chi connectivity index (χ1) is 9.66. The average molecular weight is 270 g/mol. The van der Waals surface area contributed by atoms with Crippen LogP contribution in [0.15, 0.2) is 54.6 Å². The highest BCUT2D eigenvalue weighted by Gasteiger charge is 2.09. The Kier molecular flexibility index (Phi) is 4.34. The van der Waals surface area contributed by atoms with Crippen LogP contribution in [0.3, 0.4) is 0 Å². The third-order valence-electron chi connectivity index (χ3n) is 2.72. The summed E-state index contributed by atoms with van der Waals surface area (Å²) in [5.41, 5.74) is 1.42. The molecule has 0 atom stereocenters. The summed E-state index contributed by atoms with van der Waals surface area (Å²) in [6.45, 7) is 0.154.